The molecular weight excluding hydrogens is 406 g/mol. The predicted molar refractivity (Wildman–Crippen MR) is 110 cm³/mol. The molecule has 3 aromatic rings. The van der Waals surface area contributed by atoms with Crippen LogP contribution < -0.4 is 10.3 Å². The first kappa shape index (κ1) is 17.4. The zero-order valence-electron chi connectivity index (χ0n) is 14.6. The van der Waals surface area contributed by atoms with Gasteiger partial charge in [0.05, 0.1) is 11.4 Å². The minimum absolute atomic E-state index is 0.0796. The summed E-state index contributed by atoms with van der Waals surface area (Å²) in [4.78, 5) is 26.6. The highest BCUT2D eigenvalue weighted by Gasteiger charge is 2.30. The molecule has 0 aromatic heterocycles. The van der Waals surface area contributed by atoms with Crippen molar-refractivity contribution in [3.05, 3.63) is 76.3 Å². The van der Waals surface area contributed by atoms with Crippen LogP contribution in [0.4, 0.5) is 5.69 Å². The van der Waals surface area contributed by atoms with Gasteiger partial charge in [-0.2, -0.15) is 5.10 Å². The van der Waals surface area contributed by atoms with E-state index >= 15 is 0 Å². The van der Waals surface area contributed by atoms with Crippen molar-refractivity contribution in [2.75, 3.05) is 11.4 Å². The molecule has 4 rings (SSSR count). The van der Waals surface area contributed by atoms with E-state index in [1.54, 1.807) is 6.07 Å². The van der Waals surface area contributed by atoms with E-state index in [4.69, 9.17) is 0 Å². The minimum Gasteiger partial charge on any atom is -0.298 e. The lowest BCUT2D eigenvalue weighted by Gasteiger charge is -2.16. The molecule has 1 aliphatic rings. The molecule has 27 heavy (non-hydrogen) atoms. The fourth-order valence-electron chi connectivity index (χ4n) is 3.22. The van der Waals surface area contributed by atoms with E-state index in [2.05, 4.69) is 26.5 Å². The number of nitrogens with one attached hydrogen (secondary N) is 1. The van der Waals surface area contributed by atoms with E-state index in [9.17, 15) is 9.59 Å². The molecule has 0 radical (unpaired) electrons. The Kier molecular flexibility index (Phi) is 4.49. The van der Waals surface area contributed by atoms with Crippen LogP contribution in [-0.4, -0.2) is 24.1 Å². The van der Waals surface area contributed by atoms with Crippen LogP contribution in [0.15, 0.2) is 70.2 Å². The number of hydrogen-bond donors (Lipinski definition) is 1. The van der Waals surface area contributed by atoms with Gasteiger partial charge in [0.25, 0.3) is 11.8 Å². The summed E-state index contributed by atoms with van der Waals surface area (Å²) in [6.07, 6.45) is 0. The van der Waals surface area contributed by atoms with Gasteiger partial charge in [-0.3, -0.25) is 14.5 Å². The van der Waals surface area contributed by atoms with Crippen molar-refractivity contribution in [2.45, 2.75) is 6.92 Å². The monoisotopic (exact) mass is 421 g/mol. The van der Waals surface area contributed by atoms with E-state index in [0.29, 0.717) is 11.3 Å². The molecule has 1 heterocycles. The van der Waals surface area contributed by atoms with Gasteiger partial charge in [0.2, 0.25) is 0 Å². The number of hydrogen-bond acceptors (Lipinski definition) is 3. The standard InChI is InChI=1S/C21H16BrN3O2/c1-13(14-8-10-16(22)11-9-14)23-24-19(26)12-25-18-7-3-5-15-4-2-6-17(20(15)18)21(25)27/h2-11H,12H2,1H3,(H,24,26). The molecule has 134 valence electrons. The number of carbonyl (C=O) groups is 2. The first-order valence-electron chi connectivity index (χ1n) is 8.47. The Bertz CT molecular complexity index is 1090. The Balaban J connectivity index is 1.51. The molecule has 0 fully saturated rings. The van der Waals surface area contributed by atoms with Crippen LogP contribution >= 0.6 is 15.9 Å². The van der Waals surface area contributed by atoms with Crippen molar-refractivity contribution in [2.24, 2.45) is 5.10 Å². The third-order valence-electron chi connectivity index (χ3n) is 4.56. The van der Waals surface area contributed by atoms with Crippen LogP contribution in [0.2, 0.25) is 0 Å². The molecular formula is C21H16BrN3O2. The number of anilines is 1. The van der Waals surface area contributed by atoms with Crippen molar-refractivity contribution in [1.82, 2.24) is 5.43 Å². The zero-order chi connectivity index (χ0) is 19.0. The number of halogens is 1. The van der Waals surface area contributed by atoms with Crippen LogP contribution in [0, 0.1) is 0 Å². The van der Waals surface area contributed by atoms with Crippen molar-refractivity contribution in [3.8, 4) is 0 Å². The fraction of sp³-hybridized carbons (Fsp3) is 0.0952. The third kappa shape index (κ3) is 3.24. The Hall–Kier alpha value is -2.99. The van der Waals surface area contributed by atoms with E-state index in [-0.39, 0.29) is 18.4 Å². The minimum atomic E-state index is -0.343. The molecule has 1 aliphatic heterocycles. The highest BCUT2D eigenvalue weighted by Crippen LogP contribution is 2.36. The van der Waals surface area contributed by atoms with Gasteiger partial charge in [0, 0.05) is 15.4 Å². The maximum absolute atomic E-state index is 12.7. The molecule has 0 unspecified atom stereocenters. The van der Waals surface area contributed by atoms with Crippen molar-refractivity contribution >= 4 is 49.9 Å². The van der Waals surface area contributed by atoms with Crippen LogP contribution in [0.1, 0.15) is 22.8 Å². The number of nitrogens with zero attached hydrogens (tertiary/aromatic N) is 2. The summed E-state index contributed by atoms with van der Waals surface area (Å²) in [5, 5.41) is 6.04. The summed E-state index contributed by atoms with van der Waals surface area (Å²) in [5.74, 6) is -0.504. The summed E-state index contributed by atoms with van der Waals surface area (Å²) >= 11 is 3.39. The van der Waals surface area contributed by atoms with Gasteiger partial charge in [-0.1, -0.05) is 52.3 Å². The number of benzene rings is 3. The molecule has 0 atom stereocenters. The average molecular weight is 422 g/mol. The van der Waals surface area contributed by atoms with E-state index < -0.39 is 0 Å². The fourth-order valence-corrected chi connectivity index (χ4v) is 3.48. The highest BCUT2D eigenvalue weighted by atomic mass is 79.9. The molecule has 0 saturated heterocycles. The lowest BCUT2D eigenvalue weighted by molar-refractivity contribution is -0.119. The first-order chi connectivity index (χ1) is 13.0. The Morgan fingerprint density at radius 3 is 2.52 bits per heavy atom. The molecule has 6 heteroatoms. The maximum Gasteiger partial charge on any atom is 0.260 e. The van der Waals surface area contributed by atoms with Gasteiger partial charge < -0.3 is 0 Å². The van der Waals surface area contributed by atoms with E-state index in [0.717, 1.165) is 26.5 Å². The first-order valence-corrected chi connectivity index (χ1v) is 9.26. The van der Waals surface area contributed by atoms with Crippen molar-refractivity contribution < 1.29 is 9.59 Å². The SMILES string of the molecule is CC(=NNC(=O)CN1C(=O)c2cccc3cccc1c23)c1ccc(Br)cc1. The molecule has 0 bridgehead atoms. The molecule has 0 saturated carbocycles. The van der Waals surface area contributed by atoms with Gasteiger partial charge in [0.1, 0.15) is 6.54 Å². The molecule has 2 amide bonds. The van der Waals surface area contributed by atoms with Crippen LogP contribution in [0.3, 0.4) is 0 Å². The largest absolute Gasteiger partial charge is 0.298 e. The summed E-state index contributed by atoms with van der Waals surface area (Å²) in [6.45, 7) is 1.74. The van der Waals surface area contributed by atoms with E-state index in [1.807, 2.05) is 61.5 Å². The molecule has 5 nitrogen and oxygen atoms in total. The Morgan fingerprint density at radius 2 is 1.78 bits per heavy atom. The number of carbonyl (C=O) groups excluding carboxylic acids is 2. The lowest BCUT2D eigenvalue weighted by Crippen LogP contribution is -2.37. The molecule has 0 aliphatic carbocycles. The summed E-state index contributed by atoms with van der Waals surface area (Å²) < 4.78 is 0.976. The quantitative estimate of drug-likeness (QED) is 0.508. The second-order valence-corrected chi connectivity index (χ2v) is 7.23. The number of hydrazone groups is 1. The average Bonchev–Trinajstić information content (AvgIpc) is 2.95. The van der Waals surface area contributed by atoms with Gasteiger partial charge in [-0.25, -0.2) is 5.43 Å². The van der Waals surface area contributed by atoms with Gasteiger partial charge >= 0.3 is 0 Å². The highest BCUT2D eigenvalue weighted by molar-refractivity contribution is 9.10. The van der Waals surface area contributed by atoms with E-state index in [1.165, 1.54) is 4.90 Å². The Morgan fingerprint density at radius 1 is 1.07 bits per heavy atom. The Labute approximate surface area is 164 Å². The third-order valence-corrected chi connectivity index (χ3v) is 5.09. The second kappa shape index (κ2) is 6.96. The zero-order valence-corrected chi connectivity index (χ0v) is 16.2. The van der Waals surface area contributed by atoms with Crippen LogP contribution in [-0.2, 0) is 4.79 Å². The summed E-state index contributed by atoms with van der Waals surface area (Å²) in [6, 6.07) is 19.0. The molecule has 0 spiro atoms. The number of amides is 2. The van der Waals surface area contributed by atoms with Crippen molar-refractivity contribution in [1.29, 1.82) is 0 Å². The number of rotatable bonds is 4. The molecule has 1 N–H and O–H groups in total. The summed E-state index contributed by atoms with van der Waals surface area (Å²) in [7, 11) is 0. The predicted octanol–water partition coefficient (Wildman–Crippen LogP) is 4.10. The smallest absolute Gasteiger partial charge is 0.260 e. The maximum atomic E-state index is 12.7. The second-order valence-electron chi connectivity index (χ2n) is 6.31. The molecule has 3 aromatic carbocycles. The lowest BCUT2D eigenvalue weighted by atomic mass is 10.1. The van der Waals surface area contributed by atoms with Crippen LogP contribution in [0.5, 0.6) is 0 Å². The topological polar surface area (TPSA) is 61.8 Å². The summed E-state index contributed by atoms with van der Waals surface area (Å²) in [5.41, 5.74) is 5.54. The van der Waals surface area contributed by atoms with Gasteiger partial charge in [-0.15, -0.1) is 0 Å². The van der Waals surface area contributed by atoms with Crippen LogP contribution in [0.25, 0.3) is 10.8 Å². The van der Waals surface area contributed by atoms with Gasteiger partial charge in [0.15, 0.2) is 0 Å². The van der Waals surface area contributed by atoms with Gasteiger partial charge in [-0.05, 0) is 42.1 Å². The normalized spacial score (nSPS) is 13.3. The van der Waals surface area contributed by atoms with Crippen molar-refractivity contribution in [3.63, 3.8) is 0 Å².